The van der Waals surface area contributed by atoms with Gasteiger partial charge in [0.25, 0.3) is 0 Å². The van der Waals surface area contributed by atoms with E-state index in [-0.39, 0.29) is 0 Å². The highest BCUT2D eigenvalue weighted by molar-refractivity contribution is 7.89. The standard InChI is InChI=1S/C4H12N2.B8/c1-5-3-4-6-2;1-6(2)8(5)7(3)4/h5-6H,3-4H2,1-2H3;. The minimum absolute atomic E-state index is 0.519. The molecule has 0 heterocycles. The molecular formula is C4H12B8N2. The van der Waals surface area contributed by atoms with Crippen LogP contribution in [-0.2, 0) is 0 Å². The molecule has 0 aliphatic rings. The summed E-state index contributed by atoms with van der Waals surface area (Å²) in [5.41, 5.74) is 0. The van der Waals surface area contributed by atoms with Gasteiger partial charge in [-0.3, -0.25) is 0 Å². The molecule has 0 aliphatic heterocycles. The van der Waals surface area contributed by atoms with Gasteiger partial charge in [0.2, 0.25) is 0 Å². The van der Waals surface area contributed by atoms with E-state index in [1.807, 2.05) is 14.1 Å². The van der Waals surface area contributed by atoms with Crippen LogP contribution in [0.25, 0.3) is 0 Å². The number of rotatable bonds is 5. The van der Waals surface area contributed by atoms with Gasteiger partial charge in [-0.25, -0.2) is 0 Å². The molecule has 0 amide bonds. The predicted octanol–water partition coefficient (Wildman–Crippen LogP) is -3.62. The van der Waals surface area contributed by atoms with Crippen molar-refractivity contribution in [2.45, 2.75) is 0 Å². The molecule has 62 valence electrons. The molecule has 0 aromatic heterocycles. The summed E-state index contributed by atoms with van der Waals surface area (Å²) in [5, 5.41) is 6.01. The number of likely N-dealkylation sites (N-methyl/N-ethyl adjacent to an activating group) is 2. The van der Waals surface area contributed by atoms with Gasteiger partial charge in [0.1, 0.15) is 0 Å². The van der Waals surface area contributed by atoms with Gasteiger partial charge in [0.15, 0.2) is 0 Å². The fraction of sp³-hybridized carbons (Fsp3) is 1.00. The molecule has 2 nitrogen and oxygen atoms in total. The van der Waals surface area contributed by atoms with Crippen LogP contribution in [0, 0.1) is 0 Å². The first-order valence-electron chi connectivity index (χ1n) is 4.54. The van der Waals surface area contributed by atoms with E-state index in [4.69, 9.17) is 38.7 Å². The Hall–Kier alpha value is 0.439. The Morgan fingerprint density at radius 3 is 1.14 bits per heavy atom. The van der Waals surface area contributed by atoms with Crippen LogP contribution < -0.4 is 10.6 Å². The predicted molar refractivity (Wildman–Crippen MR) is 73.9 cm³/mol. The lowest BCUT2D eigenvalue weighted by atomic mass is 8.68. The van der Waals surface area contributed by atoms with Gasteiger partial charge >= 0.3 is 0 Å². The minimum Gasteiger partial charge on any atom is -0.318 e. The summed E-state index contributed by atoms with van der Waals surface area (Å²) in [7, 11) is 29.7. The minimum atomic E-state index is -0.630. The SMILES string of the molecule is CNCCNC.[B]B([B])B([B])B([B])[B]. The van der Waals surface area contributed by atoms with Crippen molar-refractivity contribution < 1.29 is 0 Å². The maximum Gasteiger partial charge on any atom is 0.00736 e. The molecule has 10 heteroatoms. The van der Waals surface area contributed by atoms with Crippen LogP contribution in [0.1, 0.15) is 0 Å². The number of hydrogen-bond donors (Lipinski definition) is 2. The molecule has 0 atom stereocenters. The molecule has 14 heavy (non-hydrogen) atoms. The first kappa shape index (κ1) is 16.9. The van der Waals surface area contributed by atoms with E-state index in [0.29, 0.717) is 0 Å². The van der Waals surface area contributed by atoms with Gasteiger partial charge in [0.05, 0.1) is 0 Å². The van der Waals surface area contributed by atoms with Gasteiger partial charge in [0, 0.05) is 70.9 Å². The highest BCUT2D eigenvalue weighted by atomic mass is 14.9. The summed E-state index contributed by atoms with van der Waals surface area (Å²) >= 11 is 0. The summed E-state index contributed by atoms with van der Waals surface area (Å²) in [6.07, 6.45) is -1.78. The maximum atomic E-state index is 5.26. The van der Waals surface area contributed by atoms with E-state index in [0.717, 1.165) is 13.1 Å². The highest BCUT2D eigenvalue weighted by Gasteiger charge is 2.14. The summed E-state index contributed by atoms with van der Waals surface area (Å²) in [4.78, 5) is 0. The van der Waals surface area contributed by atoms with Crippen LogP contribution in [0.15, 0.2) is 0 Å². The maximum absolute atomic E-state index is 5.26. The summed E-state index contributed by atoms with van der Waals surface area (Å²) in [6, 6.07) is 0. The van der Waals surface area contributed by atoms with Crippen molar-refractivity contribution in [1.29, 1.82) is 0 Å². The van der Waals surface area contributed by atoms with Gasteiger partial charge in [-0.15, -0.1) is 0 Å². The largest absolute Gasteiger partial charge is 0.318 e. The van der Waals surface area contributed by atoms with Crippen LogP contribution in [0.4, 0.5) is 0 Å². The van der Waals surface area contributed by atoms with Crippen LogP contribution in [0.2, 0.25) is 0 Å². The molecule has 0 aliphatic carbocycles. The van der Waals surface area contributed by atoms with Crippen molar-refractivity contribution in [1.82, 2.24) is 10.6 Å². The van der Waals surface area contributed by atoms with Crippen LogP contribution in [0.5, 0.6) is 0 Å². The Kier molecular flexibility index (Phi) is 13.9. The molecule has 0 saturated carbocycles. The first-order valence-corrected chi connectivity index (χ1v) is 4.54. The Labute approximate surface area is 96.0 Å². The van der Waals surface area contributed by atoms with E-state index in [2.05, 4.69) is 10.6 Å². The molecule has 2 N–H and O–H groups in total. The van der Waals surface area contributed by atoms with Crippen LogP contribution >= 0.6 is 0 Å². The van der Waals surface area contributed by atoms with E-state index in [9.17, 15) is 0 Å². The monoisotopic (exact) mass is 176 g/mol. The second kappa shape index (κ2) is 11.5. The van der Waals surface area contributed by atoms with Crippen molar-refractivity contribution in [3.05, 3.63) is 0 Å². The van der Waals surface area contributed by atoms with Gasteiger partial charge in [-0.2, -0.15) is 0 Å². The zero-order chi connectivity index (χ0) is 11.6. The highest BCUT2D eigenvalue weighted by Crippen LogP contribution is 1.76. The molecular weight excluding hydrogens is 163 g/mol. The van der Waals surface area contributed by atoms with Crippen molar-refractivity contribution >= 4 is 57.8 Å². The van der Waals surface area contributed by atoms with Crippen molar-refractivity contribution in [3.63, 3.8) is 0 Å². The van der Waals surface area contributed by atoms with Gasteiger partial charge in [-0.05, 0) is 14.1 Å². The lowest BCUT2D eigenvalue weighted by Gasteiger charge is -2.13. The third-order valence-electron chi connectivity index (χ3n) is 1.51. The Morgan fingerprint density at radius 1 is 0.786 bits per heavy atom. The van der Waals surface area contributed by atoms with E-state index in [1.165, 1.54) is 0 Å². The molecule has 0 unspecified atom stereocenters. The average molecular weight is 175 g/mol. The second-order valence-corrected chi connectivity index (χ2v) is 2.94. The lowest BCUT2D eigenvalue weighted by molar-refractivity contribution is 0.718. The van der Waals surface area contributed by atoms with Crippen molar-refractivity contribution in [2.75, 3.05) is 27.2 Å². The summed E-state index contributed by atoms with van der Waals surface area (Å²) < 4.78 is 0. The zero-order valence-corrected chi connectivity index (χ0v) is 9.03. The average Bonchev–Trinajstić information content (AvgIpc) is 2.14. The summed E-state index contributed by atoms with van der Waals surface area (Å²) in [5.74, 6) is 0. The Bertz CT molecular complexity index is 99.5. The topological polar surface area (TPSA) is 24.1 Å². The van der Waals surface area contributed by atoms with Crippen LogP contribution in [-0.4, -0.2) is 85.0 Å². The Balaban J connectivity index is 0. The fourth-order valence-electron chi connectivity index (χ4n) is 0.507. The molecule has 10 radical (unpaired) electrons. The van der Waals surface area contributed by atoms with Crippen LogP contribution in [0.3, 0.4) is 0 Å². The van der Waals surface area contributed by atoms with Gasteiger partial charge < -0.3 is 10.6 Å². The van der Waals surface area contributed by atoms with E-state index in [1.54, 1.807) is 0 Å². The molecule has 0 aromatic rings. The molecule has 0 rings (SSSR count). The normalized spacial score (nSPS) is 8.43. The van der Waals surface area contributed by atoms with E-state index >= 15 is 0 Å². The van der Waals surface area contributed by atoms with Crippen molar-refractivity contribution in [2.24, 2.45) is 0 Å². The molecule has 0 saturated heterocycles. The Morgan fingerprint density at radius 2 is 1.07 bits per heavy atom. The zero-order valence-electron chi connectivity index (χ0n) is 9.03. The van der Waals surface area contributed by atoms with Crippen molar-refractivity contribution in [3.8, 4) is 0 Å². The quantitative estimate of drug-likeness (QED) is 0.332. The molecule has 0 bridgehead atoms. The number of nitrogens with one attached hydrogen (secondary N) is 2. The third-order valence-corrected chi connectivity index (χ3v) is 1.51. The molecule has 0 fully saturated rings. The third kappa shape index (κ3) is 12.4. The molecule has 0 spiro atoms. The van der Waals surface area contributed by atoms with Gasteiger partial charge in [-0.1, -0.05) is 0 Å². The second-order valence-electron chi connectivity index (χ2n) is 2.94. The summed E-state index contributed by atoms with van der Waals surface area (Å²) in [6.45, 7) is 2.10. The first-order chi connectivity index (χ1) is 6.47. The number of hydrogen-bond acceptors (Lipinski definition) is 2. The fourth-order valence-corrected chi connectivity index (χ4v) is 0.507. The molecule has 0 aromatic carbocycles. The smallest absolute Gasteiger partial charge is 0.00736 e. The lowest BCUT2D eigenvalue weighted by Crippen LogP contribution is -2.52. The van der Waals surface area contributed by atoms with E-state index < -0.39 is 19.2 Å².